The first-order valence-corrected chi connectivity index (χ1v) is 7.88. The van der Waals surface area contributed by atoms with Crippen LogP contribution < -0.4 is 14.8 Å². The number of benzene rings is 1. The van der Waals surface area contributed by atoms with Gasteiger partial charge in [0.25, 0.3) is 5.91 Å². The van der Waals surface area contributed by atoms with Crippen LogP contribution in [0.1, 0.15) is 5.56 Å². The van der Waals surface area contributed by atoms with Crippen LogP contribution in [0.3, 0.4) is 0 Å². The number of nitrogens with one attached hydrogen (secondary N) is 2. The van der Waals surface area contributed by atoms with Gasteiger partial charge in [0.1, 0.15) is 12.3 Å². The molecule has 0 fully saturated rings. The molecule has 3 aromatic rings. The first kappa shape index (κ1) is 14.6. The fourth-order valence-electron chi connectivity index (χ4n) is 2.80. The van der Waals surface area contributed by atoms with E-state index in [1.807, 2.05) is 36.5 Å². The summed E-state index contributed by atoms with van der Waals surface area (Å²) in [4.78, 5) is 19.7. The molecule has 122 valence electrons. The third-order valence-electron chi connectivity index (χ3n) is 4.03. The van der Waals surface area contributed by atoms with Crippen molar-refractivity contribution in [3.05, 3.63) is 54.4 Å². The van der Waals surface area contributed by atoms with Gasteiger partial charge in [-0.15, -0.1) is 0 Å². The monoisotopic (exact) mass is 323 g/mol. The molecule has 0 radical (unpaired) electrons. The number of para-hydroxylation sites is 2. The normalized spacial score (nSPS) is 16.1. The Bertz CT molecular complexity index is 875. The van der Waals surface area contributed by atoms with Crippen LogP contribution in [0.5, 0.6) is 11.5 Å². The van der Waals surface area contributed by atoms with Gasteiger partial charge in [0.15, 0.2) is 11.5 Å². The number of amides is 1. The van der Waals surface area contributed by atoms with E-state index in [0.29, 0.717) is 18.0 Å². The van der Waals surface area contributed by atoms with Gasteiger partial charge in [-0.2, -0.15) is 0 Å². The summed E-state index contributed by atoms with van der Waals surface area (Å²) in [5.74, 6) is 1.11. The van der Waals surface area contributed by atoms with E-state index < -0.39 is 6.10 Å². The molecule has 3 heterocycles. The van der Waals surface area contributed by atoms with Gasteiger partial charge in [-0.05, 0) is 36.2 Å². The first-order chi connectivity index (χ1) is 11.8. The molecule has 0 spiro atoms. The Balaban J connectivity index is 1.34. The van der Waals surface area contributed by atoms with Gasteiger partial charge in [-0.1, -0.05) is 12.1 Å². The number of H-pyrrole nitrogens is 1. The lowest BCUT2D eigenvalue weighted by Crippen LogP contribution is -2.44. The van der Waals surface area contributed by atoms with Crippen LogP contribution in [0.25, 0.3) is 11.0 Å². The molecule has 1 aliphatic rings. The second-order valence-corrected chi connectivity index (χ2v) is 5.62. The lowest BCUT2D eigenvalue weighted by Gasteiger charge is -2.25. The minimum Gasteiger partial charge on any atom is -0.485 e. The summed E-state index contributed by atoms with van der Waals surface area (Å²) in [6, 6.07) is 11.3. The number of rotatable bonds is 4. The number of carbonyl (C=O) groups excluding carboxylic acids is 1. The lowest BCUT2D eigenvalue weighted by atomic mass is 10.1. The Hall–Kier alpha value is -3.02. The van der Waals surface area contributed by atoms with Gasteiger partial charge in [0.05, 0.1) is 0 Å². The molecular formula is C18H17N3O3. The molecular weight excluding hydrogens is 306 g/mol. The Kier molecular flexibility index (Phi) is 3.78. The van der Waals surface area contributed by atoms with Gasteiger partial charge in [-0.25, -0.2) is 4.98 Å². The lowest BCUT2D eigenvalue weighted by molar-refractivity contribution is -0.130. The highest BCUT2D eigenvalue weighted by Crippen LogP contribution is 2.30. The van der Waals surface area contributed by atoms with E-state index in [2.05, 4.69) is 15.3 Å². The SMILES string of the molecule is O=C(NCCc1c[nH]c2ncccc12)C1COc2ccccc2O1. The average molecular weight is 323 g/mol. The number of aromatic amines is 1. The summed E-state index contributed by atoms with van der Waals surface area (Å²) in [6.45, 7) is 0.752. The second-order valence-electron chi connectivity index (χ2n) is 5.62. The number of aromatic nitrogens is 2. The molecule has 1 atom stereocenters. The molecule has 1 aliphatic heterocycles. The van der Waals surface area contributed by atoms with Crippen molar-refractivity contribution in [3.63, 3.8) is 0 Å². The van der Waals surface area contributed by atoms with Gasteiger partial charge in [-0.3, -0.25) is 4.79 Å². The quantitative estimate of drug-likeness (QED) is 0.770. The summed E-state index contributed by atoms with van der Waals surface area (Å²) < 4.78 is 11.3. The fraction of sp³-hybridized carbons (Fsp3) is 0.222. The van der Waals surface area contributed by atoms with E-state index in [-0.39, 0.29) is 12.5 Å². The van der Waals surface area contributed by atoms with Crippen molar-refractivity contribution < 1.29 is 14.3 Å². The number of fused-ring (bicyclic) bond motifs is 2. The van der Waals surface area contributed by atoms with Crippen molar-refractivity contribution in [2.24, 2.45) is 0 Å². The van der Waals surface area contributed by atoms with E-state index in [0.717, 1.165) is 23.0 Å². The highest BCUT2D eigenvalue weighted by atomic mass is 16.6. The third-order valence-corrected chi connectivity index (χ3v) is 4.03. The number of nitrogens with zero attached hydrogens (tertiary/aromatic N) is 1. The van der Waals surface area contributed by atoms with Crippen molar-refractivity contribution in [3.8, 4) is 11.5 Å². The highest BCUT2D eigenvalue weighted by molar-refractivity contribution is 5.82. The van der Waals surface area contributed by atoms with Crippen LogP contribution in [-0.2, 0) is 11.2 Å². The van der Waals surface area contributed by atoms with E-state index in [9.17, 15) is 4.79 Å². The minimum absolute atomic E-state index is 0.164. The summed E-state index contributed by atoms with van der Waals surface area (Å²) in [7, 11) is 0. The maximum atomic E-state index is 12.3. The van der Waals surface area contributed by atoms with Crippen molar-refractivity contribution in [1.82, 2.24) is 15.3 Å². The molecule has 1 unspecified atom stereocenters. The average Bonchev–Trinajstić information content (AvgIpc) is 3.04. The summed E-state index contributed by atoms with van der Waals surface area (Å²) in [5.41, 5.74) is 1.99. The van der Waals surface area contributed by atoms with Crippen LogP contribution >= 0.6 is 0 Å². The standard InChI is InChI=1S/C18H17N3O3/c22-18(16-11-23-14-5-1-2-6-15(14)24-16)20-9-7-12-10-21-17-13(12)4-3-8-19-17/h1-6,8,10,16H,7,9,11H2,(H,19,21)(H,20,22). The van der Waals surface area contributed by atoms with Gasteiger partial charge in [0, 0.05) is 24.3 Å². The zero-order valence-electron chi connectivity index (χ0n) is 13.0. The molecule has 2 N–H and O–H groups in total. The predicted molar refractivity (Wildman–Crippen MR) is 89.2 cm³/mol. The zero-order chi connectivity index (χ0) is 16.4. The summed E-state index contributed by atoms with van der Waals surface area (Å²) in [6.07, 6.45) is 3.79. The first-order valence-electron chi connectivity index (χ1n) is 7.88. The Labute approximate surface area is 138 Å². The molecule has 0 bridgehead atoms. The molecule has 4 rings (SSSR count). The number of carbonyl (C=O) groups is 1. The van der Waals surface area contributed by atoms with Gasteiger partial charge >= 0.3 is 0 Å². The Morgan fingerprint density at radius 3 is 3.04 bits per heavy atom. The predicted octanol–water partition coefficient (Wildman–Crippen LogP) is 2.06. The van der Waals surface area contributed by atoms with Crippen LogP contribution in [0.2, 0.25) is 0 Å². The van der Waals surface area contributed by atoms with Crippen LogP contribution in [-0.4, -0.2) is 35.1 Å². The molecule has 0 aliphatic carbocycles. The van der Waals surface area contributed by atoms with Crippen LogP contribution in [0, 0.1) is 0 Å². The summed E-state index contributed by atoms with van der Waals surface area (Å²) >= 11 is 0. The maximum absolute atomic E-state index is 12.3. The number of pyridine rings is 1. The van der Waals surface area contributed by atoms with Gasteiger partial charge in [0.2, 0.25) is 6.10 Å². The van der Waals surface area contributed by atoms with Crippen molar-refractivity contribution in [2.75, 3.05) is 13.2 Å². The number of ether oxygens (including phenoxy) is 2. The molecule has 1 aromatic carbocycles. The Morgan fingerprint density at radius 2 is 2.12 bits per heavy atom. The molecule has 6 heteroatoms. The topological polar surface area (TPSA) is 76.2 Å². The molecule has 1 amide bonds. The van der Waals surface area contributed by atoms with E-state index in [4.69, 9.17) is 9.47 Å². The highest BCUT2D eigenvalue weighted by Gasteiger charge is 2.26. The van der Waals surface area contributed by atoms with Crippen LogP contribution in [0.15, 0.2) is 48.8 Å². The van der Waals surface area contributed by atoms with Crippen molar-refractivity contribution in [1.29, 1.82) is 0 Å². The Morgan fingerprint density at radius 1 is 1.25 bits per heavy atom. The van der Waals surface area contributed by atoms with E-state index in [1.54, 1.807) is 12.3 Å². The van der Waals surface area contributed by atoms with E-state index in [1.165, 1.54) is 0 Å². The number of hydrogen-bond donors (Lipinski definition) is 2. The second kappa shape index (κ2) is 6.23. The molecule has 24 heavy (non-hydrogen) atoms. The molecule has 6 nitrogen and oxygen atoms in total. The van der Waals surface area contributed by atoms with Crippen molar-refractivity contribution in [2.45, 2.75) is 12.5 Å². The van der Waals surface area contributed by atoms with Gasteiger partial charge < -0.3 is 19.8 Å². The molecule has 0 saturated carbocycles. The summed E-state index contributed by atoms with van der Waals surface area (Å²) in [5, 5.41) is 3.99. The molecule has 2 aromatic heterocycles. The number of hydrogen-bond acceptors (Lipinski definition) is 4. The fourth-order valence-corrected chi connectivity index (χ4v) is 2.80. The minimum atomic E-state index is -0.621. The zero-order valence-corrected chi connectivity index (χ0v) is 13.0. The largest absolute Gasteiger partial charge is 0.485 e. The maximum Gasteiger partial charge on any atom is 0.264 e. The van der Waals surface area contributed by atoms with Crippen LogP contribution in [0.4, 0.5) is 0 Å². The van der Waals surface area contributed by atoms with Crippen molar-refractivity contribution >= 4 is 16.9 Å². The van der Waals surface area contributed by atoms with E-state index >= 15 is 0 Å². The smallest absolute Gasteiger partial charge is 0.264 e. The molecule has 0 saturated heterocycles. The third kappa shape index (κ3) is 2.78.